The molecule has 1 fully saturated rings. The van der Waals surface area contributed by atoms with E-state index in [2.05, 4.69) is 45.6 Å². The van der Waals surface area contributed by atoms with Crippen LogP contribution in [0.2, 0.25) is 0 Å². The zero-order valence-corrected chi connectivity index (χ0v) is 16.5. The summed E-state index contributed by atoms with van der Waals surface area (Å²) >= 11 is 5.69. The number of hydrogen-bond donors (Lipinski definition) is 0. The maximum atomic E-state index is 5.69. The molecule has 1 aromatic heterocycles. The Morgan fingerprint density at radius 2 is 1.81 bits per heavy atom. The van der Waals surface area contributed by atoms with Crippen molar-refractivity contribution in [3.8, 4) is 0 Å². The average molecular weight is 372 g/mol. The lowest BCUT2D eigenvalue weighted by atomic mass is 10.1. The van der Waals surface area contributed by atoms with E-state index in [1.807, 2.05) is 4.68 Å². The van der Waals surface area contributed by atoms with Crippen LogP contribution in [0.3, 0.4) is 0 Å². The summed E-state index contributed by atoms with van der Waals surface area (Å²) in [7, 11) is 0. The van der Waals surface area contributed by atoms with Crippen molar-refractivity contribution in [2.24, 2.45) is 0 Å². The fraction of sp³-hybridized carbons (Fsp3) is 0.600. The zero-order chi connectivity index (χ0) is 17.9. The van der Waals surface area contributed by atoms with Crippen LogP contribution in [0.15, 0.2) is 24.3 Å². The lowest BCUT2D eigenvalue weighted by molar-refractivity contribution is 0.0978. The third kappa shape index (κ3) is 4.08. The molecule has 0 amide bonds. The summed E-state index contributed by atoms with van der Waals surface area (Å²) in [5, 5.41) is 4.82. The fourth-order valence-corrected chi connectivity index (χ4v) is 4.36. The van der Waals surface area contributed by atoms with Crippen LogP contribution < -0.4 is 0 Å². The minimum Gasteiger partial charge on any atom is -0.304 e. The molecule has 0 spiro atoms. The molecule has 26 heavy (non-hydrogen) atoms. The van der Waals surface area contributed by atoms with E-state index in [0.717, 1.165) is 57.1 Å². The second-order valence-corrected chi connectivity index (χ2v) is 8.05. The van der Waals surface area contributed by atoms with Gasteiger partial charge in [-0.15, -0.1) is 0 Å². The molecule has 6 heteroatoms. The van der Waals surface area contributed by atoms with E-state index in [4.69, 9.17) is 17.3 Å². The van der Waals surface area contributed by atoms with E-state index >= 15 is 0 Å². The van der Waals surface area contributed by atoms with Crippen LogP contribution in [0.5, 0.6) is 0 Å². The summed E-state index contributed by atoms with van der Waals surface area (Å²) in [6.45, 7) is 9.45. The summed E-state index contributed by atoms with van der Waals surface area (Å²) in [6, 6.07) is 8.85. The highest BCUT2D eigenvalue weighted by Gasteiger charge is 2.19. The predicted octanol–water partition coefficient (Wildman–Crippen LogP) is 3.22. The van der Waals surface area contributed by atoms with Crippen molar-refractivity contribution in [2.45, 2.75) is 52.4 Å². The van der Waals surface area contributed by atoms with Gasteiger partial charge < -0.3 is 4.57 Å². The number of piperazine rings is 1. The number of rotatable bonds is 4. The van der Waals surface area contributed by atoms with Crippen LogP contribution in [0.25, 0.3) is 0 Å². The second-order valence-electron chi connectivity index (χ2n) is 7.69. The molecule has 0 radical (unpaired) electrons. The van der Waals surface area contributed by atoms with E-state index in [-0.39, 0.29) is 0 Å². The molecule has 1 saturated heterocycles. The first kappa shape index (κ1) is 17.9. The van der Waals surface area contributed by atoms with Crippen molar-refractivity contribution >= 4 is 12.2 Å². The van der Waals surface area contributed by atoms with E-state index in [0.29, 0.717) is 0 Å². The lowest BCUT2D eigenvalue weighted by Gasteiger charge is -2.34. The van der Waals surface area contributed by atoms with Gasteiger partial charge in [0.25, 0.3) is 0 Å². The number of nitrogens with zero attached hydrogens (tertiary/aromatic N) is 5. The SMILES string of the molecule is Cc1cccc(CN2CCN(Cn3nc4n(c3=S)CCCCC4)CC2)c1. The maximum absolute atomic E-state index is 5.69. The van der Waals surface area contributed by atoms with E-state index in [9.17, 15) is 0 Å². The Labute approximate surface area is 161 Å². The molecule has 5 nitrogen and oxygen atoms in total. The third-order valence-corrected chi connectivity index (χ3v) is 6.00. The Balaban J connectivity index is 1.33. The molecule has 0 aliphatic carbocycles. The molecule has 0 N–H and O–H groups in total. The van der Waals surface area contributed by atoms with Gasteiger partial charge in [0.1, 0.15) is 5.82 Å². The van der Waals surface area contributed by atoms with Crippen LogP contribution in [-0.2, 0) is 26.2 Å². The smallest absolute Gasteiger partial charge is 0.199 e. The van der Waals surface area contributed by atoms with Gasteiger partial charge in [-0.3, -0.25) is 9.80 Å². The fourth-order valence-electron chi connectivity index (χ4n) is 4.06. The molecule has 2 aliphatic heterocycles. The van der Waals surface area contributed by atoms with Gasteiger partial charge in [0.2, 0.25) is 0 Å². The molecule has 2 aromatic rings. The minimum atomic E-state index is 0.830. The van der Waals surface area contributed by atoms with Gasteiger partial charge in [-0.05, 0) is 37.5 Å². The monoisotopic (exact) mass is 371 g/mol. The molecule has 0 atom stereocenters. The Hall–Kier alpha value is -1.50. The van der Waals surface area contributed by atoms with Crippen molar-refractivity contribution in [2.75, 3.05) is 26.2 Å². The van der Waals surface area contributed by atoms with Crippen molar-refractivity contribution < 1.29 is 0 Å². The first-order chi connectivity index (χ1) is 12.7. The summed E-state index contributed by atoms with van der Waals surface area (Å²) in [5.41, 5.74) is 2.76. The Bertz CT molecular complexity index is 801. The quantitative estimate of drug-likeness (QED) is 0.772. The van der Waals surface area contributed by atoms with Crippen LogP contribution in [0.4, 0.5) is 0 Å². The molecule has 3 heterocycles. The van der Waals surface area contributed by atoms with Gasteiger partial charge in [0.15, 0.2) is 4.77 Å². The molecule has 0 unspecified atom stereocenters. The molecular weight excluding hydrogens is 342 g/mol. The topological polar surface area (TPSA) is 29.2 Å². The molecule has 2 aliphatic rings. The molecular formula is C20H29N5S. The van der Waals surface area contributed by atoms with Gasteiger partial charge in [0, 0.05) is 45.7 Å². The largest absolute Gasteiger partial charge is 0.304 e. The summed E-state index contributed by atoms with van der Waals surface area (Å²) in [5.74, 6) is 1.19. The van der Waals surface area contributed by atoms with Crippen molar-refractivity contribution in [1.82, 2.24) is 24.1 Å². The highest BCUT2D eigenvalue weighted by molar-refractivity contribution is 7.71. The molecule has 4 rings (SSSR count). The van der Waals surface area contributed by atoms with Crippen molar-refractivity contribution in [1.29, 1.82) is 0 Å². The van der Waals surface area contributed by atoms with Gasteiger partial charge in [-0.2, -0.15) is 5.10 Å². The third-order valence-electron chi connectivity index (χ3n) is 5.57. The highest BCUT2D eigenvalue weighted by Crippen LogP contribution is 2.15. The summed E-state index contributed by atoms with van der Waals surface area (Å²) in [6.07, 6.45) is 4.83. The molecule has 1 aromatic carbocycles. The predicted molar refractivity (Wildman–Crippen MR) is 107 cm³/mol. The average Bonchev–Trinajstić information content (AvgIpc) is 2.80. The van der Waals surface area contributed by atoms with Gasteiger partial charge >= 0.3 is 0 Å². The second kappa shape index (κ2) is 8.03. The number of hydrogen-bond acceptors (Lipinski definition) is 4. The Kier molecular flexibility index (Phi) is 5.52. The van der Waals surface area contributed by atoms with E-state index in [1.54, 1.807) is 0 Å². The minimum absolute atomic E-state index is 0.830. The summed E-state index contributed by atoms with van der Waals surface area (Å²) in [4.78, 5) is 5.03. The summed E-state index contributed by atoms with van der Waals surface area (Å²) < 4.78 is 5.21. The molecule has 0 bridgehead atoms. The highest BCUT2D eigenvalue weighted by atomic mass is 32.1. The number of fused-ring (bicyclic) bond motifs is 1. The number of benzene rings is 1. The zero-order valence-electron chi connectivity index (χ0n) is 15.7. The normalized spacial score (nSPS) is 19.3. The van der Waals surface area contributed by atoms with Crippen LogP contribution in [-0.4, -0.2) is 50.3 Å². The Morgan fingerprint density at radius 3 is 2.62 bits per heavy atom. The lowest BCUT2D eigenvalue weighted by Crippen LogP contribution is -2.46. The van der Waals surface area contributed by atoms with E-state index in [1.165, 1.54) is 36.2 Å². The first-order valence-corrected chi connectivity index (χ1v) is 10.3. The van der Waals surface area contributed by atoms with E-state index < -0.39 is 0 Å². The van der Waals surface area contributed by atoms with Crippen molar-refractivity contribution in [3.63, 3.8) is 0 Å². The van der Waals surface area contributed by atoms with Gasteiger partial charge in [-0.25, -0.2) is 4.68 Å². The van der Waals surface area contributed by atoms with Gasteiger partial charge in [-0.1, -0.05) is 36.2 Å². The standard InChI is InChI=1S/C20H29N5S/c1-17-6-5-7-18(14-17)15-22-10-12-23(13-11-22)16-25-20(26)24-9-4-2-3-8-19(24)21-25/h5-7,14H,2-4,8-13,15-16H2,1H3. The number of aromatic nitrogens is 3. The maximum Gasteiger partial charge on any atom is 0.199 e. The molecule has 0 saturated carbocycles. The van der Waals surface area contributed by atoms with Crippen LogP contribution >= 0.6 is 12.2 Å². The van der Waals surface area contributed by atoms with Crippen LogP contribution in [0, 0.1) is 11.7 Å². The Morgan fingerprint density at radius 1 is 1.00 bits per heavy atom. The molecule has 140 valence electrons. The number of aryl methyl sites for hydroxylation is 2. The first-order valence-electron chi connectivity index (χ1n) is 9.86. The van der Waals surface area contributed by atoms with Gasteiger partial charge in [0.05, 0.1) is 6.67 Å². The van der Waals surface area contributed by atoms with Crippen LogP contribution in [0.1, 0.15) is 36.2 Å². The van der Waals surface area contributed by atoms with Crippen molar-refractivity contribution in [3.05, 3.63) is 46.0 Å².